The molecule has 0 spiro atoms. The molecule has 1 aromatic heterocycles. The number of rotatable bonds is 6. The molecule has 0 radical (unpaired) electrons. The molecule has 2 heterocycles. The van der Waals surface area contributed by atoms with Crippen LogP contribution in [0.2, 0.25) is 0 Å². The fourth-order valence-electron chi connectivity index (χ4n) is 4.02. The van der Waals surface area contributed by atoms with Crippen molar-refractivity contribution in [3.8, 4) is 5.75 Å². The summed E-state index contributed by atoms with van der Waals surface area (Å²) in [6.07, 6.45) is 3.17. The predicted molar refractivity (Wildman–Crippen MR) is 121 cm³/mol. The Kier molecular flexibility index (Phi) is 6.22. The van der Waals surface area contributed by atoms with Gasteiger partial charge in [0.1, 0.15) is 17.3 Å². The van der Waals surface area contributed by atoms with E-state index in [0.29, 0.717) is 23.5 Å². The molecule has 0 bridgehead atoms. The summed E-state index contributed by atoms with van der Waals surface area (Å²) < 4.78 is 20.4. The van der Waals surface area contributed by atoms with Crippen LogP contribution in [0.15, 0.2) is 72.6 Å². The maximum Gasteiger partial charge on any atom is 0.295 e. The van der Waals surface area contributed by atoms with Gasteiger partial charge in [0.15, 0.2) is 0 Å². The van der Waals surface area contributed by atoms with Crippen LogP contribution in [0.3, 0.4) is 0 Å². The summed E-state index contributed by atoms with van der Waals surface area (Å²) in [5.74, 6) is -1.96. The molecule has 1 aliphatic rings. The minimum atomic E-state index is -1.08. The first kappa shape index (κ1) is 22.2. The molecular weight excluding hydrogens is 423 g/mol. The summed E-state index contributed by atoms with van der Waals surface area (Å²) in [6, 6.07) is 13.3. The molecule has 1 saturated heterocycles. The number of hydrogen-bond donors (Lipinski definition) is 1. The zero-order valence-corrected chi connectivity index (χ0v) is 18.3. The number of carbonyl (C=O) groups is 2. The van der Waals surface area contributed by atoms with Crippen LogP contribution in [0.5, 0.6) is 5.75 Å². The molecule has 7 heteroatoms. The molecule has 0 saturated carbocycles. The highest BCUT2D eigenvalue weighted by Gasteiger charge is 2.47. The van der Waals surface area contributed by atoms with E-state index in [4.69, 9.17) is 4.74 Å². The lowest BCUT2D eigenvalue weighted by molar-refractivity contribution is -0.140. The maximum absolute atomic E-state index is 14.9. The molecule has 3 aromatic rings. The van der Waals surface area contributed by atoms with Crippen molar-refractivity contribution in [1.82, 2.24) is 9.88 Å². The van der Waals surface area contributed by atoms with Gasteiger partial charge in [0, 0.05) is 30.1 Å². The Balaban J connectivity index is 1.86. The fourth-order valence-corrected chi connectivity index (χ4v) is 4.02. The molecule has 4 rings (SSSR count). The summed E-state index contributed by atoms with van der Waals surface area (Å²) >= 11 is 0. The third kappa shape index (κ3) is 4.22. The number of benzene rings is 2. The second kappa shape index (κ2) is 9.24. The highest BCUT2D eigenvalue weighted by atomic mass is 19.1. The van der Waals surface area contributed by atoms with E-state index in [2.05, 4.69) is 4.98 Å². The first-order valence-electron chi connectivity index (χ1n) is 10.6. The molecule has 1 atom stereocenters. The number of hydrogen-bond acceptors (Lipinski definition) is 5. The van der Waals surface area contributed by atoms with Gasteiger partial charge in [0.2, 0.25) is 0 Å². The zero-order valence-electron chi connectivity index (χ0n) is 18.3. The number of likely N-dealkylation sites (tertiary alicyclic amines) is 1. The van der Waals surface area contributed by atoms with Gasteiger partial charge in [-0.15, -0.1) is 0 Å². The summed E-state index contributed by atoms with van der Waals surface area (Å²) in [7, 11) is 0. The smallest absolute Gasteiger partial charge is 0.295 e. The summed E-state index contributed by atoms with van der Waals surface area (Å²) in [6.45, 7) is 4.21. The third-order valence-electron chi connectivity index (χ3n) is 5.56. The van der Waals surface area contributed by atoms with Crippen LogP contribution in [0.4, 0.5) is 4.39 Å². The van der Waals surface area contributed by atoms with Crippen molar-refractivity contribution in [2.24, 2.45) is 0 Å². The maximum atomic E-state index is 14.9. The Morgan fingerprint density at radius 1 is 1.15 bits per heavy atom. The lowest BCUT2D eigenvalue weighted by Gasteiger charge is -2.25. The van der Waals surface area contributed by atoms with Crippen molar-refractivity contribution in [2.45, 2.75) is 26.4 Å². The van der Waals surface area contributed by atoms with Crippen LogP contribution in [0.25, 0.3) is 5.76 Å². The number of amides is 1. The van der Waals surface area contributed by atoms with Gasteiger partial charge in [-0.25, -0.2) is 4.39 Å². The Morgan fingerprint density at radius 3 is 2.61 bits per heavy atom. The quantitative estimate of drug-likeness (QED) is 0.341. The van der Waals surface area contributed by atoms with Gasteiger partial charge in [-0.05, 0) is 55.3 Å². The van der Waals surface area contributed by atoms with E-state index < -0.39 is 23.5 Å². The molecule has 2 aromatic carbocycles. The first-order valence-corrected chi connectivity index (χ1v) is 10.6. The summed E-state index contributed by atoms with van der Waals surface area (Å²) in [5, 5.41) is 11.2. The van der Waals surface area contributed by atoms with E-state index in [-0.39, 0.29) is 23.4 Å². The van der Waals surface area contributed by atoms with Crippen molar-refractivity contribution < 1.29 is 23.8 Å². The normalized spacial score (nSPS) is 17.4. The van der Waals surface area contributed by atoms with E-state index in [1.165, 1.54) is 23.1 Å². The Bertz CT molecular complexity index is 1240. The van der Waals surface area contributed by atoms with E-state index in [1.807, 2.05) is 13.8 Å². The summed E-state index contributed by atoms with van der Waals surface area (Å²) in [5.41, 5.74) is 1.75. The van der Waals surface area contributed by atoms with Gasteiger partial charge in [-0.3, -0.25) is 14.6 Å². The Morgan fingerprint density at radius 2 is 1.94 bits per heavy atom. The highest BCUT2D eigenvalue weighted by molar-refractivity contribution is 6.46. The Labute approximate surface area is 191 Å². The number of nitrogens with zero attached hydrogens (tertiary/aromatic N) is 2. The van der Waals surface area contributed by atoms with Gasteiger partial charge >= 0.3 is 0 Å². The van der Waals surface area contributed by atoms with E-state index in [0.717, 1.165) is 5.56 Å². The molecule has 0 unspecified atom stereocenters. The average molecular weight is 446 g/mol. The van der Waals surface area contributed by atoms with Crippen molar-refractivity contribution in [3.05, 3.63) is 101 Å². The monoisotopic (exact) mass is 446 g/mol. The number of ketones is 1. The Hall–Kier alpha value is -4.00. The van der Waals surface area contributed by atoms with Gasteiger partial charge < -0.3 is 14.7 Å². The van der Waals surface area contributed by atoms with Gasteiger partial charge in [0.25, 0.3) is 11.7 Å². The molecule has 1 aliphatic heterocycles. The molecular formula is C26H23FN2O4. The number of aliphatic hydroxyl groups is 1. The number of aliphatic hydroxyl groups excluding tert-OH is 1. The fraction of sp³-hybridized carbons (Fsp3) is 0.192. The second-order valence-electron chi connectivity index (χ2n) is 7.72. The molecule has 1 amide bonds. The number of carbonyl (C=O) groups excluding carboxylic acids is 2. The van der Waals surface area contributed by atoms with Crippen LogP contribution in [-0.2, 0) is 16.1 Å². The SMILES string of the molecule is CCOc1ccc(C(O)=C2C(=O)C(=O)N(Cc3cccnc3)[C@H]2c2ccccc2F)cc1C. The van der Waals surface area contributed by atoms with Crippen LogP contribution in [0, 0.1) is 12.7 Å². The number of Topliss-reactive ketones (excluding diaryl/α,β-unsaturated/α-hetero) is 1. The van der Waals surface area contributed by atoms with Gasteiger partial charge in [-0.1, -0.05) is 24.3 Å². The molecule has 168 valence electrons. The lowest BCUT2D eigenvalue weighted by atomic mass is 9.94. The van der Waals surface area contributed by atoms with E-state index in [1.54, 1.807) is 48.8 Å². The second-order valence-corrected chi connectivity index (χ2v) is 7.72. The van der Waals surface area contributed by atoms with Crippen LogP contribution >= 0.6 is 0 Å². The number of halogens is 1. The number of ether oxygens (including phenoxy) is 1. The minimum Gasteiger partial charge on any atom is -0.507 e. The molecule has 6 nitrogen and oxygen atoms in total. The van der Waals surface area contributed by atoms with Gasteiger partial charge in [0.05, 0.1) is 18.2 Å². The average Bonchev–Trinajstić information content (AvgIpc) is 3.06. The number of aryl methyl sites for hydroxylation is 1. The highest BCUT2D eigenvalue weighted by Crippen LogP contribution is 2.41. The van der Waals surface area contributed by atoms with E-state index in [9.17, 15) is 19.1 Å². The molecule has 1 N–H and O–H groups in total. The van der Waals surface area contributed by atoms with Crippen molar-refractivity contribution in [1.29, 1.82) is 0 Å². The molecule has 1 fully saturated rings. The standard InChI is InChI=1S/C26H23FN2O4/c1-3-33-21-11-10-18(13-16(21)2)24(30)22-23(19-8-4-5-9-20(19)27)29(26(32)25(22)31)15-17-7-6-12-28-14-17/h4-14,23,30H,3,15H2,1-2H3/t23-/m0/s1. The van der Waals surface area contributed by atoms with Crippen molar-refractivity contribution in [3.63, 3.8) is 0 Å². The topological polar surface area (TPSA) is 79.7 Å². The largest absolute Gasteiger partial charge is 0.507 e. The van der Waals surface area contributed by atoms with Crippen molar-refractivity contribution in [2.75, 3.05) is 6.61 Å². The third-order valence-corrected chi connectivity index (χ3v) is 5.56. The van der Waals surface area contributed by atoms with Crippen LogP contribution in [0.1, 0.15) is 35.2 Å². The zero-order chi connectivity index (χ0) is 23.5. The van der Waals surface area contributed by atoms with Crippen LogP contribution < -0.4 is 4.74 Å². The summed E-state index contributed by atoms with van der Waals surface area (Å²) in [4.78, 5) is 31.4. The lowest BCUT2D eigenvalue weighted by Crippen LogP contribution is -2.29. The van der Waals surface area contributed by atoms with Gasteiger partial charge in [-0.2, -0.15) is 0 Å². The molecule has 0 aliphatic carbocycles. The number of pyridine rings is 1. The predicted octanol–water partition coefficient (Wildman–Crippen LogP) is 4.55. The first-order chi connectivity index (χ1) is 15.9. The molecule has 33 heavy (non-hydrogen) atoms. The van der Waals surface area contributed by atoms with Crippen LogP contribution in [-0.4, -0.2) is 33.3 Å². The van der Waals surface area contributed by atoms with Crippen molar-refractivity contribution >= 4 is 17.4 Å². The minimum absolute atomic E-state index is 0.0382. The number of aromatic nitrogens is 1. The van der Waals surface area contributed by atoms with E-state index >= 15 is 0 Å².